The van der Waals surface area contributed by atoms with Crippen molar-refractivity contribution in [2.75, 3.05) is 0 Å². The quantitative estimate of drug-likeness (QED) is 0.729. The highest BCUT2D eigenvalue weighted by Crippen LogP contribution is 2.19. The highest BCUT2D eigenvalue weighted by atomic mass is 127. The van der Waals surface area contributed by atoms with Crippen LogP contribution in [0.4, 0.5) is 4.39 Å². The molecule has 0 spiro atoms. The van der Waals surface area contributed by atoms with E-state index in [-0.39, 0.29) is 5.82 Å². The second kappa shape index (κ2) is 3.00. The van der Waals surface area contributed by atoms with Crippen molar-refractivity contribution in [1.82, 2.24) is 9.97 Å². The summed E-state index contributed by atoms with van der Waals surface area (Å²) in [6.07, 6.45) is 3.20. The fourth-order valence-electron chi connectivity index (χ4n) is 0.619. The minimum Gasteiger partial charge on any atom is -0.237 e. The van der Waals surface area contributed by atoms with Crippen molar-refractivity contribution in [1.29, 1.82) is 0 Å². The fourth-order valence-corrected chi connectivity index (χ4v) is 0.898. The number of rotatable bonds is 1. The molecular weight excluding hydrogens is 258 g/mol. The van der Waals surface area contributed by atoms with Crippen LogP contribution in [0.2, 0.25) is 0 Å². The van der Waals surface area contributed by atoms with Gasteiger partial charge in [-0.25, -0.2) is 14.4 Å². The molecule has 0 saturated carbocycles. The number of aromatic nitrogens is 2. The molecule has 1 aromatic heterocycles. The molecule has 1 heterocycles. The van der Waals surface area contributed by atoms with Gasteiger partial charge in [0.05, 0.1) is 0 Å². The Balaban J connectivity index is 2.99. The second-order valence-corrected chi connectivity index (χ2v) is 3.94. The Morgan fingerprint density at radius 2 is 1.82 bits per heavy atom. The minimum absolute atomic E-state index is 0.234. The molecule has 60 valence electrons. The minimum atomic E-state index is -1.44. The Morgan fingerprint density at radius 1 is 1.36 bits per heavy atom. The third-order valence-electron chi connectivity index (χ3n) is 1.15. The van der Waals surface area contributed by atoms with Gasteiger partial charge in [0, 0.05) is 16.0 Å². The van der Waals surface area contributed by atoms with E-state index in [2.05, 4.69) is 32.6 Å². The van der Waals surface area contributed by atoms with Crippen molar-refractivity contribution in [2.24, 2.45) is 0 Å². The molecule has 0 atom stereocenters. The lowest BCUT2D eigenvalue weighted by Gasteiger charge is -2.10. The third kappa shape index (κ3) is 2.36. The van der Waals surface area contributed by atoms with Gasteiger partial charge in [-0.3, -0.25) is 0 Å². The van der Waals surface area contributed by atoms with Crippen molar-refractivity contribution in [3.8, 4) is 0 Å². The molecule has 0 unspecified atom stereocenters. The highest BCUT2D eigenvalue weighted by molar-refractivity contribution is 14.1. The first-order chi connectivity index (χ1) is 5.00. The average molecular weight is 266 g/mol. The van der Waals surface area contributed by atoms with Gasteiger partial charge < -0.3 is 0 Å². The first-order valence-electron chi connectivity index (χ1n) is 3.17. The van der Waals surface area contributed by atoms with Gasteiger partial charge in [-0.15, -0.1) is 0 Å². The van der Waals surface area contributed by atoms with Crippen LogP contribution < -0.4 is 0 Å². The lowest BCUT2D eigenvalue weighted by molar-refractivity contribution is 0.206. The van der Waals surface area contributed by atoms with E-state index in [0.717, 1.165) is 3.57 Å². The molecule has 0 amide bonds. The van der Waals surface area contributed by atoms with Crippen LogP contribution in [0, 0.1) is 3.57 Å². The molecule has 0 bridgehead atoms. The number of nitrogens with zero attached hydrogens (tertiary/aromatic N) is 2. The predicted molar refractivity (Wildman–Crippen MR) is 48.9 cm³/mol. The maximum atomic E-state index is 13.1. The molecule has 0 radical (unpaired) electrons. The maximum Gasteiger partial charge on any atom is 0.165 e. The van der Waals surface area contributed by atoms with Gasteiger partial charge in [-0.1, -0.05) is 0 Å². The summed E-state index contributed by atoms with van der Waals surface area (Å²) >= 11 is 2.08. The second-order valence-electron chi connectivity index (χ2n) is 2.70. The normalized spacial score (nSPS) is 11.6. The van der Waals surface area contributed by atoms with E-state index in [1.165, 1.54) is 13.8 Å². The van der Waals surface area contributed by atoms with Crippen molar-refractivity contribution in [2.45, 2.75) is 19.5 Å². The monoisotopic (exact) mass is 266 g/mol. The van der Waals surface area contributed by atoms with Gasteiger partial charge in [0.25, 0.3) is 0 Å². The Kier molecular flexibility index (Phi) is 2.41. The molecule has 0 aliphatic rings. The lowest BCUT2D eigenvalue weighted by atomic mass is 10.1. The van der Waals surface area contributed by atoms with Crippen molar-refractivity contribution in [3.05, 3.63) is 21.8 Å². The van der Waals surface area contributed by atoms with Gasteiger partial charge in [0.15, 0.2) is 11.5 Å². The maximum absolute atomic E-state index is 13.1. The number of hydrogen-bond donors (Lipinski definition) is 0. The number of hydrogen-bond acceptors (Lipinski definition) is 2. The largest absolute Gasteiger partial charge is 0.237 e. The highest BCUT2D eigenvalue weighted by Gasteiger charge is 2.21. The summed E-state index contributed by atoms with van der Waals surface area (Å²) in [5.74, 6) is 0.234. The summed E-state index contributed by atoms with van der Waals surface area (Å²) < 4.78 is 14.0. The van der Waals surface area contributed by atoms with E-state index < -0.39 is 5.67 Å². The number of alkyl halides is 1. The van der Waals surface area contributed by atoms with Crippen LogP contribution in [0.3, 0.4) is 0 Å². The van der Waals surface area contributed by atoms with Crippen molar-refractivity contribution in [3.63, 3.8) is 0 Å². The lowest BCUT2D eigenvalue weighted by Crippen LogP contribution is -2.13. The molecule has 4 heteroatoms. The van der Waals surface area contributed by atoms with Gasteiger partial charge in [-0.2, -0.15) is 0 Å². The Labute approximate surface area is 78.4 Å². The molecule has 0 aliphatic carbocycles. The third-order valence-corrected chi connectivity index (χ3v) is 1.71. The van der Waals surface area contributed by atoms with Gasteiger partial charge in [-0.05, 0) is 36.4 Å². The Bertz CT molecular complexity index is 240. The predicted octanol–water partition coefficient (Wildman–Crippen LogP) is 2.29. The summed E-state index contributed by atoms with van der Waals surface area (Å²) in [5, 5.41) is 0. The Hall–Kier alpha value is -0.260. The summed E-state index contributed by atoms with van der Waals surface area (Å²) in [4.78, 5) is 7.71. The van der Waals surface area contributed by atoms with E-state index >= 15 is 0 Å². The molecule has 0 saturated heterocycles. The zero-order chi connectivity index (χ0) is 8.48. The first-order valence-corrected chi connectivity index (χ1v) is 4.25. The fraction of sp³-hybridized carbons (Fsp3) is 0.429. The van der Waals surface area contributed by atoms with Crippen LogP contribution in [0.25, 0.3) is 0 Å². The molecule has 0 aliphatic heterocycles. The zero-order valence-electron chi connectivity index (χ0n) is 6.31. The molecule has 11 heavy (non-hydrogen) atoms. The molecule has 1 aromatic rings. The molecule has 0 fully saturated rings. The van der Waals surface area contributed by atoms with Gasteiger partial charge in [0.2, 0.25) is 0 Å². The SMILES string of the molecule is CC(C)(F)c1ncc(I)cn1. The van der Waals surface area contributed by atoms with Crippen LogP contribution in [-0.4, -0.2) is 9.97 Å². The summed E-state index contributed by atoms with van der Waals surface area (Å²) in [5.41, 5.74) is -1.44. The van der Waals surface area contributed by atoms with Crippen LogP contribution in [0.5, 0.6) is 0 Å². The summed E-state index contributed by atoms with van der Waals surface area (Å²) in [7, 11) is 0. The van der Waals surface area contributed by atoms with E-state index in [1.54, 1.807) is 12.4 Å². The number of halogens is 2. The van der Waals surface area contributed by atoms with E-state index in [9.17, 15) is 4.39 Å². The Morgan fingerprint density at radius 3 is 2.18 bits per heavy atom. The summed E-state index contributed by atoms with van der Waals surface area (Å²) in [6.45, 7) is 2.88. The van der Waals surface area contributed by atoms with Crippen molar-refractivity contribution < 1.29 is 4.39 Å². The topological polar surface area (TPSA) is 25.8 Å². The smallest absolute Gasteiger partial charge is 0.165 e. The molecule has 2 nitrogen and oxygen atoms in total. The van der Waals surface area contributed by atoms with E-state index in [4.69, 9.17) is 0 Å². The average Bonchev–Trinajstić information content (AvgIpc) is 1.86. The zero-order valence-corrected chi connectivity index (χ0v) is 8.46. The van der Waals surface area contributed by atoms with Crippen LogP contribution >= 0.6 is 22.6 Å². The van der Waals surface area contributed by atoms with Crippen molar-refractivity contribution >= 4 is 22.6 Å². The van der Waals surface area contributed by atoms with Gasteiger partial charge >= 0.3 is 0 Å². The molecule has 1 rings (SSSR count). The first kappa shape index (κ1) is 8.83. The standard InChI is InChI=1S/C7H8FIN2/c1-7(2,8)6-10-3-5(9)4-11-6/h3-4H,1-2H3. The summed E-state index contributed by atoms with van der Waals surface area (Å²) in [6, 6.07) is 0. The van der Waals surface area contributed by atoms with Crippen LogP contribution in [-0.2, 0) is 5.67 Å². The molecule has 0 N–H and O–H groups in total. The van der Waals surface area contributed by atoms with Crippen LogP contribution in [0.15, 0.2) is 12.4 Å². The molecular formula is C7H8FIN2. The van der Waals surface area contributed by atoms with Gasteiger partial charge in [0.1, 0.15) is 0 Å². The van der Waals surface area contributed by atoms with E-state index in [0.29, 0.717) is 0 Å². The van der Waals surface area contributed by atoms with Crippen LogP contribution in [0.1, 0.15) is 19.7 Å². The van der Waals surface area contributed by atoms with E-state index in [1.807, 2.05) is 0 Å². The molecule has 0 aromatic carbocycles.